The van der Waals surface area contributed by atoms with Crippen LogP contribution in [0.3, 0.4) is 0 Å². The molecule has 0 fully saturated rings. The number of hydrogen-bond acceptors (Lipinski definition) is 1. The van der Waals surface area contributed by atoms with Gasteiger partial charge < -0.3 is 4.90 Å². The standard InChI is InChI=1S/C59H45N/c1-58(2,3)53-32-18-16-30-49(53)52-36-40-20-10-11-21-41(40)37-57(52)60(56-38-42-22-12-13-27-46(42)47-28-14-15-31-51(47)56)45-34-35-50-48-29-17-19-33-54(48)59(55(50)39-45,43-23-6-4-7-24-43)44-25-8-5-9-26-44/h4-39H,1-3H3. The minimum Gasteiger partial charge on any atom is -0.309 e. The van der Waals surface area contributed by atoms with Crippen molar-refractivity contribution < 1.29 is 0 Å². The molecule has 1 nitrogen and oxygen atoms in total. The average Bonchev–Trinajstić information content (AvgIpc) is 3.59. The van der Waals surface area contributed by atoms with Crippen LogP contribution in [0.15, 0.2) is 218 Å². The Bertz CT molecular complexity index is 3200. The topological polar surface area (TPSA) is 3.24 Å². The molecule has 11 rings (SSSR count). The molecule has 0 atom stereocenters. The second-order valence-corrected chi connectivity index (χ2v) is 17.3. The Morgan fingerprint density at radius 2 is 0.867 bits per heavy atom. The summed E-state index contributed by atoms with van der Waals surface area (Å²) in [5.74, 6) is 0. The molecule has 10 aromatic rings. The predicted molar refractivity (Wildman–Crippen MR) is 255 cm³/mol. The molecule has 0 spiro atoms. The Kier molecular flexibility index (Phi) is 8.36. The fourth-order valence-corrected chi connectivity index (χ4v) is 10.2. The Morgan fingerprint density at radius 3 is 1.57 bits per heavy atom. The van der Waals surface area contributed by atoms with Crippen molar-refractivity contribution in [1.82, 2.24) is 0 Å². The van der Waals surface area contributed by atoms with Crippen LogP contribution in [0.1, 0.15) is 48.6 Å². The largest absolute Gasteiger partial charge is 0.309 e. The first-order valence-electron chi connectivity index (χ1n) is 21.1. The molecule has 0 saturated carbocycles. The van der Waals surface area contributed by atoms with Crippen LogP contribution in [0.25, 0.3) is 54.6 Å². The summed E-state index contributed by atoms with van der Waals surface area (Å²) >= 11 is 0. The van der Waals surface area contributed by atoms with Crippen molar-refractivity contribution in [3.8, 4) is 22.3 Å². The van der Waals surface area contributed by atoms with Gasteiger partial charge in [0.2, 0.25) is 0 Å². The van der Waals surface area contributed by atoms with Crippen molar-refractivity contribution in [2.75, 3.05) is 4.90 Å². The van der Waals surface area contributed by atoms with Crippen molar-refractivity contribution in [2.24, 2.45) is 0 Å². The van der Waals surface area contributed by atoms with Gasteiger partial charge in [-0.25, -0.2) is 0 Å². The minimum absolute atomic E-state index is 0.0791. The highest BCUT2D eigenvalue weighted by Gasteiger charge is 2.46. The van der Waals surface area contributed by atoms with Gasteiger partial charge in [0.1, 0.15) is 0 Å². The maximum atomic E-state index is 2.57. The van der Waals surface area contributed by atoms with E-state index in [0.29, 0.717) is 0 Å². The summed E-state index contributed by atoms with van der Waals surface area (Å²) in [6.45, 7) is 6.98. The molecule has 286 valence electrons. The highest BCUT2D eigenvalue weighted by atomic mass is 15.1. The molecule has 0 N–H and O–H groups in total. The third-order valence-corrected chi connectivity index (χ3v) is 12.8. The first kappa shape index (κ1) is 35.9. The van der Waals surface area contributed by atoms with E-state index in [1.807, 2.05) is 0 Å². The van der Waals surface area contributed by atoms with E-state index in [0.717, 1.165) is 17.1 Å². The van der Waals surface area contributed by atoms with Gasteiger partial charge in [-0.3, -0.25) is 0 Å². The molecule has 0 radical (unpaired) electrons. The molecule has 1 aliphatic carbocycles. The van der Waals surface area contributed by atoms with Crippen LogP contribution >= 0.6 is 0 Å². The number of nitrogens with zero attached hydrogens (tertiary/aromatic N) is 1. The Balaban J connectivity index is 1.29. The van der Waals surface area contributed by atoms with Gasteiger partial charge in [0.25, 0.3) is 0 Å². The van der Waals surface area contributed by atoms with Crippen LogP contribution < -0.4 is 4.90 Å². The predicted octanol–water partition coefficient (Wildman–Crippen LogP) is 15.9. The molecule has 0 aromatic heterocycles. The molecule has 0 heterocycles. The SMILES string of the molecule is CC(C)(C)c1ccccc1-c1cc2ccccc2cc1N(c1ccc2c(c1)C(c1ccccc1)(c1ccccc1)c1ccccc1-2)c1cc2ccccc2c2ccccc12. The van der Waals surface area contributed by atoms with Crippen LogP contribution in [0.2, 0.25) is 0 Å². The molecular formula is C59H45N. The molecule has 10 aromatic carbocycles. The summed E-state index contributed by atoms with van der Waals surface area (Å²) in [7, 11) is 0. The third kappa shape index (κ3) is 5.53. The van der Waals surface area contributed by atoms with Gasteiger partial charge in [-0.1, -0.05) is 209 Å². The molecule has 1 aliphatic rings. The number of rotatable bonds is 6. The molecule has 0 amide bonds. The Hall–Kier alpha value is -7.22. The molecule has 0 aliphatic heterocycles. The molecule has 60 heavy (non-hydrogen) atoms. The molecule has 0 unspecified atom stereocenters. The van der Waals surface area contributed by atoms with Crippen molar-refractivity contribution in [1.29, 1.82) is 0 Å². The van der Waals surface area contributed by atoms with Crippen LogP contribution in [-0.2, 0) is 10.8 Å². The first-order valence-corrected chi connectivity index (χ1v) is 21.1. The lowest BCUT2D eigenvalue weighted by Crippen LogP contribution is -2.28. The fourth-order valence-electron chi connectivity index (χ4n) is 10.2. The van der Waals surface area contributed by atoms with E-state index < -0.39 is 5.41 Å². The van der Waals surface area contributed by atoms with Crippen molar-refractivity contribution >= 4 is 49.4 Å². The minimum atomic E-state index is -0.535. The molecule has 1 heteroatoms. The van der Waals surface area contributed by atoms with E-state index in [9.17, 15) is 0 Å². The highest BCUT2D eigenvalue weighted by molar-refractivity contribution is 6.15. The Morgan fingerprint density at radius 1 is 0.350 bits per heavy atom. The lowest BCUT2D eigenvalue weighted by molar-refractivity contribution is 0.592. The van der Waals surface area contributed by atoms with Gasteiger partial charge in [0.05, 0.1) is 16.8 Å². The summed E-state index contributed by atoms with van der Waals surface area (Å²) in [5, 5.41) is 7.34. The van der Waals surface area contributed by atoms with Gasteiger partial charge in [-0.2, -0.15) is 0 Å². The fraction of sp³-hybridized carbons (Fsp3) is 0.0847. The summed E-state index contributed by atoms with van der Waals surface area (Å²) in [5.41, 5.74) is 14.2. The normalized spacial score (nSPS) is 13.1. The van der Waals surface area contributed by atoms with Gasteiger partial charge in [0, 0.05) is 16.6 Å². The Labute approximate surface area is 352 Å². The first-order chi connectivity index (χ1) is 29.4. The highest BCUT2D eigenvalue weighted by Crippen LogP contribution is 2.58. The number of fused-ring (bicyclic) bond motifs is 7. The average molecular weight is 768 g/mol. The lowest BCUT2D eigenvalue weighted by Gasteiger charge is -2.35. The summed E-state index contributed by atoms with van der Waals surface area (Å²) in [4.78, 5) is 2.57. The maximum Gasteiger partial charge on any atom is 0.0714 e. The van der Waals surface area contributed by atoms with Crippen LogP contribution in [0.5, 0.6) is 0 Å². The zero-order valence-electron chi connectivity index (χ0n) is 34.2. The van der Waals surface area contributed by atoms with Crippen molar-refractivity contribution in [2.45, 2.75) is 31.6 Å². The zero-order chi connectivity index (χ0) is 40.4. The number of anilines is 3. The summed E-state index contributed by atoms with van der Waals surface area (Å²) < 4.78 is 0. The summed E-state index contributed by atoms with van der Waals surface area (Å²) in [6.07, 6.45) is 0. The second kappa shape index (κ2) is 14.0. The maximum absolute atomic E-state index is 2.57. The lowest BCUT2D eigenvalue weighted by atomic mass is 9.67. The van der Waals surface area contributed by atoms with Gasteiger partial charge in [-0.05, 0) is 107 Å². The van der Waals surface area contributed by atoms with Gasteiger partial charge in [0.15, 0.2) is 0 Å². The third-order valence-electron chi connectivity index (χ3n) is 12.8. The van der Waals surface area contributed by atoms with Crippen molar-refractivity contribution in [3.63, 3.8) is 0 Å². The molecule has 0 saturated heterocycles. The smallest absolute Gasteiger partial charge is 0.0714 e. The van der Waals surface area contributed by atoms with Crippen LogP contribution in [-0.4, -0.2) is 0 Å². The van der Waals surface area contributed by atoms with Crippen LogP contribution in [0, 0.1) is 0 Å². The zero-order valence-corrected chi connectivity index (χ0v) is 34.2. The van der Waals surface area contributed by atoms with Gasteiger partial charge in [-0.15, -0.1) is 0 Å². The quantitative estimate of drug-likeness (QED) is 0.152. The molecular weight excluding hydrogens is 723 g/mol. The van der Waals surface area contributed by atoms with E-state index in [4.69, 9.17) is 0 Å². The van der Waals surface area contributed by atoms with E-state index in [1.54, 1.807) is 0 Å². The number of hydrogen-bond donors (Lipinski definition) is 0. The monoisotopic (exact) mass is 767 g/mol. The van der Waals surface area contributed by atoms with E-state index in [2.05, 4.69) is 244 Å². The van der Waals surface area contributed by atoms with Crippen LogP contribution in [0.4, 0.5) is 17.1 Å². The van der Waals surface area contributed by atoms with E-state index in [-0.39, 0.29) is 5.41 Å². The van der Waals surface area contributed by atoms with E-state index in [1.165, 1.54) is 82.4 Å². The van der Waals surface area contributed by atoms with Crippen molar-refractivity contribution in [3.05, 3.63) is 246 Å². The van der Waals surface area contributed by atoms with E-state index >= 15 is 0 Å². The summed E-state index contributed by atoms with van der Waals surface area (Å²) in [6, 6.07) is 81.4. The van der Waals surface area contributed by atoms with Gasteiger partial charge >= 0.3 is 0 Å². The molecule has 0 bridgehead atoms. The number of benzene rings is 10. The second-order valence-electron chi connectivity index (χ2n) is 17.3.